The van der Waals surface area contributed by atoms with E-state index >= 15 is 0 Å². The maximum Gasteiger partial charge on any atom is 0.0640 e. The minimum absolute atomic E-state index is 0.789. The monoisotopic (exact) mass is 265 g/mol. The topological polar surface area (TPSA) is 12.0 Å². The predicted molar refractivity (Wildman–Crippen MR) is 77.2 cm³/mol. The van der Waals surface area contributed by atoms with Gasteiger partial charge in [-0.25, -0.2) is 0 Å². The molecule has 0 spiro atoms. The summed E-state index contributed by atoms with van der Waals surface area (Å²) in [5.74, 6) is 0. The minimum atomic E-state index is 0.789. The summed E-state index contributed by atoms with van der Waals surface area (Å²) >= 11 is 8.03. The van der Waals surface area contributed by atoms with E-state index in [1.54, 1.807) is 0 Å². The summed E-state index contributed by atoms with van der Waals surface area (Å²) in [4.78, 5) is 2.78. The Labute approximate surface area is 111 Å². The van der Waals surface area contributed by atoms with E-state index in [1.165, 1.54) is 15.3 Å². The Morgan fingerprint density at radius 1 is 1.18 bits per heavy atom. The van der Waals surface area contributed by atoms with E-state index in [0.717, 1.165) is 23.7 Å². The maximum atomic E-state index is 6.17. The normalized spacial score (nSPS) is 10.5. The van der Waals surface area contributed by atoms with Gasteiger partial charge in [0.15, 0.2) is 0 Å². The smallest absolute Gasteiger partial charge is 0.0640 e. The molecule has 0 aliphatic rings. The van der Waals surface area contributed by atoms with Gasteiger partial charge in [0, 0.05) is 16.3 Å². The average Bonchev–Trinajstić information content (AvgIpc) is 2.76. The van der Waals surface area contributed by atoms with Crippen molar-refractivity contribution in [3.05, 3.63) is 50.7 Å². The summed E-state index contributed by atoms with van der Waals surface area (Å²) in [7, 11) is 0. The highest BCUT2D eigenvalue weighted by atomic mass is 35.5. The quantitative estimate of drug-likeness (QED) is 0.830. The molecule has 0 bridgehead atoms. The van der Waals surface area contributed by atoms with Crippen LogP contribution in [0.5, 0.6) is 0 Å². The molecule has 0 atom stereocenters. The summed E-state index contributed by atoms with van der Waals surface area (Å²) in [5.41, 5.74) is 2.23. The first kappa shape index (κ1) is 12.5. The highest BCUT2D eigenvalue weighted by Crippen LogP contribution is 2.26. The van der Waals surface area contributed by atoms with Crippen LogP contribution in [0.1, 0.15) is 22.2 Å². The van der Waals surface area contributed by atoms with Gasteiger partial charge in [-0.2, -0.15) is 0 Å². The van der Waals surface area contributed by atoms with Crippen molar-refractivity contribution in [3.8, 4) is 0 Å². The first-order valence-corrected chi connectivity index (χ1v) is 6.96. The van der Waals surface area contributed by atoms with Crippen LogP contribution in [0.15, 0.2) is 30.3 Å². The first-order chi connectivity index (χ1) is 8.20. The zero-order valence-electron chi connectivity index (χ0n) is 10.1. The summed E-state index contributed by atoms with van der Waals surface area (Å²) in [6, 6.07) is 10.3. The molecular weight excluding hydrogens is 250 g/mol. The van der Waals surface area contributed by atoms with Gasteiger partial charge in [-0.15, -0.1) is 11.3 Å². The van der Waals surface area contributed by atoms with Gasteiger partial charge in [-0.05, 0) is 37.1 Å². The number of rotatable bonds is 4. The standard InChI is InChI=1S/C14H16ClNS/c1-3-11-7-8-12(17-11)9-16-14-10(2)5-4-6-13(14)15/h4-8,16H,3,9H2,1-2H3. The van der Waals surface area contributed by atoms with Crippen LogP contribution >= 0.6 is 22.9 Å². The van der Waals surface area contributed by atoms with Gasteiger partial charge >= 0.3 is 0 Å². The Kier molecular flexibility index (Phi) is 4.08. The lowest BCUT2D eigenvalue weighted by Crippen LogP contribution is -1.99. The number of anilines is 1. The van der Waals surface area contributed by atoms with Crippen LogP contribution in [0.2, 0.25) is 5.02 Å². The Morgan fingerprint density at radius 3 is 2.59 bits per heavy atom. The lowest BCUT2D eigenvalue weighted by atomic mass is 10.2. The fourth-order valence-corrected chi connectivity index (χ4v) is 2.92. The largest absolute Gasteiger partial charge is 0.379 e. The number of hydrogen-bond donors (Lipinski definition) is 1. The van der Waals surface area contributed by atoms with Crippen LogP contribution in [0.3, 0.4) is 0 Å². The summed E-state index contributed by atoms with van der Waals surface area (Å²) in [6.45, 7) is 5.09. The molecule has 0 fully saturated rings. The van der Waals surface area contributed by atoms with Crippen LogP contribution in [0.4, 0.5) is 5.69 Å². The third kappa shape index (κ3) is 3.02. The molecule has 0 radical (unpaired) electrons. The molecule has 3 heteroatoms. The number of hydrogen-bond acceptors (Lipinski definition) is 2. The molecule has 1 N–H and O–H groups in total. The van der Waals surface area contributed by atoms with Crippen LogP contribution in [-0.4, -0.2) is 0 Å². The molecule has 1 aromatic heterocycles. The molecule has 0 aliphatic heterocycles. The van der Waals surface area contributed by atoms with Gasteiger partial charge in [0.1, 0.15) is 0 Å². The molecule has 0 amide bonds. The van der Waals surface area contributed by atoms with Gasteiger partial charge < -0.3 is 5.32 Å². The second-order valence-corrected chi connectivity index (χ2v) is 5.67. The predicted octanol–water partition coefficient (Wildman–Crippen LogP) is 4.88. The SMILES string of the molecule is CCc1ccc(CNc2c(C)cccc2Cl)s1. The molecule has 0 saturated heterocycles. The fourth-order valence-electron chi connectivity index (χ4n) is 1.74. The van der Waals surface area contributed by atoms with E-state index in [0.29, 0.717) is 0 Å². The highest BCUT2D eigenvalue weighted by Gasteiger charge is 2.04. The zero-order valence-corrected chi connectivity index (χ0v) is 11.7. The van der Waals surface area contributed by atoms with Crippen molar-refractivity contribution >= 4 is 28.6 Å². The Bertz CT molecular complexity index is 484. The zero-order chi connectivity index (χ0) is 12.3. The number of halogens is 1. The fraction of sp³-hybridized carbons (Fsp3) is 0.286. The van der Waals surface area contributed by atoms with Crippen LogP contribution in [0.25, 0.3) is 0 Å². The molecule has 90 valence electrons. The van der Waals surface area contributed by atoms with Gasteiger partial charge in [0.05, 0.1) is 10.7 Å². The van der Waals surface area contributed by atoms with Gasteiger partial charge in [0.25, 0.3) is 0 Å². The summed E-state index contributed by atoms with van der Waals surface area (Å²) in [5, 5.41) is 4.20. The van der Waals surface area contributed by atoms with E-state index in [4.69, 9.17) is 11.6 Å². The number of para-hydroxylation sites is 1. The van der Waals surface area contributed by atoms with Crippen molar-refractivity contribution in [2.75, 3.05) is 5.32 Å². The van der Waals surface area contributed by atoms with Crippen molar-refractivity contribution in [1.29, 1.82) is 0 Å². The van der Waals surface area contributed by atoms with Crippen molar-refractivity contribution in [3.63, 3.8) is 0 Å². The van der Waals surface area contributed by atoms with E-state index < -0.39 is 0 Å². The van der Waals surface area contributed by atoms with Crippen LogP contribution < -0.4 is 5.32 Å². The highest BCUT2D eigenvalue weighted by molar-refractivity contribution is 7.12. The van der Waals surface area contributed by atoms with Gasteiger partial charge in [-0.1, -0.05) is 30.7 Å². The number of aryl methyl sites for hydroxylation is 2. The van der Waals surface area contributed by atoms with Crippen LogP contribution in [-0.2, 0) is 13.0 Å². The van der Waals surface area contributed by atoms with E-state index in [2.05, 4.69) is 37.4 Å². The molecule has 2 rings (SSSR count). The van der Waals surface area contributed by atoms with Crippen LogP contribution in [0, 0.1) is 6.92 Å². The molecular formula is C14H16ClNS. The Balaban J connectivity index is 2.07. The number of thiophene rings is 1. The molecule has 1 nitrogen and oxygen atoms in total. The average molecular weight is 266 g/mol. The molecule has 0 aliphatic carbocycles. The summed E-state index contributed by atoms with van der Waals surface area (Å²) in [6.07, 6.45) is 1.11. The molecule has 0 unspecified atom stereocenters. The Hall–Kier alpha value is -0.990. The van der Waals surface area contributed by atoms with Gasteiger partial charge in [-0.3, -0.25) is 0 Å². The first-order valence-electron chi connectivity index (χ1n) is 5.77. The lowest BCUT2D eigenvalue weighted by Gasteiger charge is -2.10. The molecule has 1 aromatic carbocycles. The summed E-state index contributed by atoms with van der Waals surface area (Å²) < 4.78 is 0. The second kappa shape index (κ2) is 5.56. The molecule has 2 aromatic rings. The van der Waals surface area contributed by atoms with E-state index in [-0.39, 0.29) is 0 Å². The van der Waals surface area contributed by atoms with Crippen molar-refractivity contribution in [2.24, 2.45) is 0 Å². The van der Waals surface area contributed by atoms with Crippen molar-refractivity contribution in [2.45, 2.75) is 26.8 Å². The van der Waals surface area contributed by atoms with Crippen molar-refractivity contribution < 1.29 is 0 Å². The van der Waals surface area contributed by atoms with E-state index in [9.17, 15) is 0 Å². The lowest BCUT2D eigenvalue weighted by molar-refractivity contribution is 1.18. The van der Waals surface area contributed by atoms with Gasteiger partial charge in [0.2, 0.25) is 0 Å². The Morgan fingerprint density at radius 2 is 1.94 bits per heavy atom. The maximum absolute atomic E-state index is 6.17. The molecule has 17 heavy (non-hydrogen) atoms. The van der Waals surface area contributed by atoms with E-state index in [1.807, 2.05) is 23.5 Å². The third-order valence-corrected chi connectivity index (χ3v) is 4.27. The molecule has 0 saturated carbocycles. The molecule has 1 heterocycles. The van der Waals surface area contributed by atoms with Crippen molar-refractivity contribution in [1.82, 2.24) is 0 Å². The minimum Gasteiger partial charge on any atom is -0.379 e. The second-order valence-electron chi connectivity index (χ2n) is 4.01. The third-order valence-electron chi connectivity index (χ3n) is 2.73. The number of benzene rings is 1. The number of nitrogens with one attached hydrogen (secondary N) is 1.